The van der Waals surface area contributed by atoms with Crippen LogP contribution in [0, 0.1) is 0 Å². The van der Waals surface area contributed by atoms with Crippen LogP contribution in [0.15, 0.2) is 0 Å². The molecular formula is Cl2O2ReS. The molecule has 39 valence electrons. The summed E-state index contributed by atoms with van der Waals surface area (Å²) in [5, 5.41) is 0. The van der Waals surface area contributed by atoms with Gasteiger partial charge in [0, 0.05) is 41.8 Å². The molecule has 1 radical (unpaired) electrons. The van der Waals surface area contributed by atoms with Gasteiger partial charge in [0.25, 0.3) is 0 Å². The molecule has 6 heavy (non-hydrogen) atoms. The van der Waals surface area contributed by atoms with Crippen LogP contribution in [0.4, 0.5) is 0 Å². The van der Waals surface area contributed by atoms with Gasteiger partial charge < -0.3 is 0 Å². The molecule has 0 heterocycles. The van der Waals surface area contributed by atoms with Crippen LogP contribution >= 0.6 is 21.4 Å². The Bertz CT molecular complexity index is 94.7. The van der Waals surface area contributed by atoms with Crippen LogP contribution in [-0.4, -0.2) is 8.42 Å². The molecule has 0 aliphatic rings. The van der Waals surface area contributed by atoms with E-state index in [9.17, 15) is 0 Å². The van der Waals surface area contributed by atoms with Crippen molar-refractivity contribution in [1.29, 1.82) is 0 Å². The molecule has 0 amide bonds. The minimum Gasteiger partial charge on any atom is -0.195 e. The monoisotopic (exact) mass is 321 g/mol. The van der Waals surface area contributed by atoms with E-state index in [1.165, 1.54) is 0 Å². The van der Waals surface area contributed by atoms with E-state index >= 15 is 0 Å². The number of hydrogen-bond donors (Lipinski definition) is 0. The third-order valence-corrected chi connectivity index (χ3v) is 0. The van der Waals surface area contributed by atoms with Crippen molar-refractivity contribution < 1.29 is 28.8 Å². The maximum Gasteiger partial charge on any atom is 0.317 e. The summed E-state index contributed by atoms with van der Waals surface area (Å²) in [5.41, 5.74) is 0. The molecule has 0 bridgehead atoms. The Morgan fingerprint density at radius 3 is 1.17 bits per heavy atom. The van der Waals surface area contributed by atoms with Gasteiger partial charge in [-0.3, -0.25) is 0 Å². The number of hydrogen-bond acceptors (Lipinski definition) is 2. The number of halogens is 2. The van der Waals surface area contributed by atoms with Crippen molar-refractivity contribution >= 4 is 29.6 Å². The molecule has 0 spiro atoms. The van der Waals surface area contributed by atoms with E-state index in [4.69, 9.17) is 8.42 Å². The average Bonchev–Trinajstić information content (AvgIpc) is 0.722. The first-order valence-corrected chi connectivity index (χ1v) is 3.78. The van der Waals surface area contributed by atoms with E-state index in [2.05, 4.69) is 21.4 Å². The van der Waals surface area contributed by atoms with E-state index in [0.717, 1.165) is 0 Å². The average molecular weight is 321 g/mol. The van der Waals surface area contributed by atoms with Gasteiger partial charge in [0.15, 0.2) is 0 Å². The molecule has 0 saturated heterocycles. The number of rotatable bonds is 0. The summed E-state index contributed by atoms with van der Waals surface area (Å²) in [7, 11) is 4.81. The first-order valence-electron chi connectivity index (χ1n) is 0.642. The molecule has 0 aromatic carbocycles. The molecule has 0 atom stereocenters. The van der Waals surface area contributed by atoms with Crippen LogP contribution in [0.25, 0.3) is 0 Å². The Morgan fingerprint density at radius 2 is 1.17 bits per heavy atom. The maximum absolute atomic E-state index is 9.16. The van der Waals surface area contributed by atoms with Gasteiger partial charge >= 0.3 is 8.26 Å². The summed E-state index contributed by atoms with van der Waals surface area (Å²) in [6.07, 6.45) is 0. The largest absolute Gasteiger partial charge is 0.317 e. The fourth-order valence-corrected chi connectivity index (χ4v) is 0. The molecular weight excluding hydrogens is 321 g/mol. The molecule has 0 aliphatic heterocycles. The van der Waals surface area contributed by atoms with E-state index < -0.39 is 8.26 Å². The summed E-state index contributed by atoms with van der Waals surface area (Å²) >= 11 is 0. The van der Waals surface area contributed by atoms with Crippen LogP contribution in [-0.2, 0) is 28.7 Å². The van der Waals surface area contributed by atoms with Crippen molar-refractivity contribution in [3.63, 3.8) is 0 Å². The summed E-state index contributed by atoms with van der Waals surface area (Å²) < 4.78 is 18.3. The van der Waals surface area contributed by atoms with Crippen LogP contribution in [0.5, 0.6) is 0 Å². The van der Waals surface area contributed by atoms with E-state index in [0.29, 0.717) is 0 Å². The van der Waals surface area contributed by atoms with Crippen molar-refractivity contribution in [3.05, 3.63) is 0 Å². The van der Waals surface area contributed by atoms with Gasteiger partial charge in [0.05, 0.1) is 0 Å². The fourth-order valence-electron chi connectivity index (χ4n) is 0. The summed E-state index contributed by atoms with van der Waals surface area (Å²) in [4.78, 5) is 0. The zero-order chi connectivity index (χ0) is 4.50. The van der Waals surface area contributed by atoms with Crippen LogP contribution in [0.1, 0.15) is 0 Å². The second kappa shape index (κ2) is 3.23. The quantitative estimate of drug-likeness (QED) is 0.616. The summed E-state index contributed by atoms with van der Waals surface area (Å²) in [6.45, 7) is 0. The van der Waals surface area contributed by atoms with E-state index in [1.807, 2.05) is 0 Å². The zero-order valence-electron chi connectivity index (χ0n) is 2.36. The summed E-state index contributed by atoms with van der Waals surface area (Å²) in [6, 6.07) is 0. The predicted octanol–water partition coefficient (Wildman–Crippen LogP) is 0.706. The van der Waals surface area contributed by atoms with Gasteiger partial charge in [-0.1, -0.05) is 0 Å². The second-order valence-electron chi connectivity index (χ2n) is 0.378. The van der Waals surface area contributed by atoms with Crippen molar-refractivity contribution in [2.45, 2.75) is 0 Å². The van der Waals surface area contributed by atoms with Crippen LogP contribution in [0.3, 0.4) is 0 Å². The zero-order valence-corrected chi connectivity index (χ0v) is 7.40. The van der Waals surface area contributed by atoms with Gasteiger partial charge in [0.1, 0.15) is 0 Å². The fraction of sp³-hybridized carbons (Fsp3) is 0. The Balaban J connectivity index is 0. The van der Waals surface area contributed by atoms with Crippen molar-refractivity contribution in [2.24, 2.45) is 0 Å². The Kier molecular flexibility index (Phi) is 5.50. The predicted molar refractivity (Wildman–Crippen MR) is 20.6 cm³/mol. The Labute approximate surface area is 58.4 Å². The molecule has 0 aliphatic carbocycles. The SMILES string of the molecule is O=S(=O)(Cl)Cl.[Re]. The Morgan fingerprint density at radius 1 is 1.17 bits per heavy atom. The molecule has 0 rings (SSSR count). The minimum atomic E-state index is -3.72. The van der Waals surface area contributed by atoms with Gasteiger partial charge in [-0.25, -0.2) is 0 Å². The second-order valence-corrected chi connectivity index (χ2v) is 4.05. The normalized spacial score (nSPS) is 9.67. The summed E-state index contributed by atoms with van der Waals surface area (Å²) in [5.74, 6) is 0. The minimum absolute atomic E-state index is 0. The van der Waals surface area contributed by atoms with Crippen molar-refractivity contribution in [2.75, 3.05) is 0 Å². The van der Waals surface area contributed by atoms with Gasteiger partial charge in [-0.15, -0.1) is 0 Å². The molecule has 2 nitrogen and oxygen atoms in total. The molecule has 0 aromatic rings. The van der Waals surface area contributed by atoms with Crippen molar-refractivity contribution in [1.82, 2.24) is 0 Å². The van der Waals surface area contributed by atoms with Gasteiger partial charge in [-0.05, 0) is 0 Å². The first kappa shape index (κ1) is 10.2. The third kappa shape index (κ3) is 64.2. The van der Waals surface area contributed by atoms with E-state index in [-0.39, 0.29) is 20.4 Å². The Hall–Kier alpha value is 1.19. The standard InChI is InChI=1S/Cl2O2S.Re/c1-5(2,3)4;. The van der Waals surface area contributed by atoms with Crippen LogP contribution < -0.4 is 0 Å². The topological polar surface area (TPSA) is 34.1 Å². The smallest absolute Gasteiger partial charge is 0.195 e. The first-order chi connectivity index (χ1) is 2.00. The maximum atomic E-state index is 9.16. The molecule has 0 fully saturated rings. The van der Waals surface area contributed by atoms with E-state index in [1.54, 1.807) is 0 Å². The molecule has 0 unspecified atom stereocenters. The third-order valence-electron chi connectivity index (χ3n) is 0. The molecule has 6 heteroatoms. The molecule has 0 aromatic heterocycles. The van der Waals surface area contributed by atoms with Gasteiger partial charge in [0.2, 0.25) is 0 Å². The van der Waals surface area contributed by atoms with Crippen LogP contribution in [0.2, 0.25) is 0 Å². The molecule has 0 saturated carbocycles. The van der Waals surface area contributed by atoms with Gasteiger partial charge in [-0.2, -0.15) is 8.42 Å². The van der Waals surface area contributed by atoms with Crippen molar-refractivity contribution in [3.8, 4) is 0 Å². The molecule has 0 N–H and O–H groups in total.